The highest BCUT2D eigenvalue weighted by atomic mass is 16.1. The summed E-state index contributed by atoms with van der Waals surface area (Å²) in [5.74, 6) is 0.438. The molecule has 0 heterocycles. The van der Waals surface area contributed by atoms with E-state index in [-0.39, 0.29) is 0 Å². The van der Waals surface area contributed by atoms with Crippen LogP contribution in [0.4, 0.5) is 0 Å². The number of hydrogen-bond acceptors (Lipinski definition) is 2. The van der Waals surface area contributed by atoms with Gasteiger partial charge in [0.25, 0.3) is 0 Å². The zero-order valence-electron chi connectivity index (χ0n) is 15.8. The topological polar surface area (TPSA) is 70.7 Å². The molecule has 0 aliphatic rings. The van der Waals surface area contributed by atoms with Crippen molar-refractivity contribution in [2.45, 2.75) is 33.4 Å². The smallest absolute Gasteiger partial charge is 0.248 e. The molecule has 0 saturated carbocycles. The lowest BCUT2D eigenvalue weighted by Gasteiger charge is -2.22. The normalized spacial score (nSPS) is 11.3. The molecule has 0 fully saturated rings. The first-order chi connectivity index (χ1) is 12.5. The number of guanidine groups is 1. The molecule has 5 nitrogen and oxygen atoms in total. The number of nitrogens with zero attached hydrogens (tertiary/aromatic N) is 2. The van der Waals surface area contributed by atoms with Crippen molar-refractivity contribution < 1.29 is 4.79 Å². The predicted molar refractivity (Wildman–Crippen MR) is 107 cm³/mol. The Morgan fingerprint density at radius 1 is 1.00 bits per heavy atom. The highest BCUT2D eigenvalue weighted by Crippen LogP contribution is 2.09. The molecule has 0 saturated heterocycles. The van der Waals surface area contributed by atoms with E-state index < -0.39 is 5.91 Å². The highest BCUT2D eigenvalue weighted by molar-refractivity contribution is 5.92. The van der Waals surface area contributed by atoms with E-state index in [1.807, 2.05) is 19.2 Å². The Morgan fingerprint density at radius 3 is 2.12 bits per heavy atom. The van der Waals surface area contributed by atoms with Crippen LogP contribution in [0.1, 0.15) is 40.9 Å². The molecule has 2 aromatic rings. The molecular formula is C21H28N4O. The maximum Gasteiger partial charge on any atom is 0.248 e. The summed E-state index contributed by atoms with van der Waals surface area (Å²) in [6.07, 6.45) is 1.05. The van der Waals surface area contributed by atoms with Gasteiger partial charge in [-0.05, 0) is 42.2 Å². The summed E-state index contributed by atoms with van der Waals surface area (Å²) in [7, 11) is 2.03. The molecular weight excluding hydrogens is 324 g/mol. The Hall–Kier alpha value is -2.82. The summed E-state index contributed by atoms with van der Waals surface area (Å²) in [6, 6.07) is 15.9. The van der Waals surface area contributed by atoms with Crippen molar-refractivity contribution in [1.82, 2.24) is 10.2 Å². The van der Waals surface area contributed by atoms with E-state index in [1.165, 1.54) is 11.1 Å². The van der Waals surface area contributed by atoms with Crippen molar-refractivity contribution in [2.24, 2.45) is 10.7 Å². The third-order valence-corrected chi connectivity index (χ3v) is 4.20. The third kappa shape index (κ3) is 5.62. The molecule has 0 bridgehead atoms. The quantitative estimate of drug-likeness (QED) is 0.594. The van der Waals surface area contributed by atoms with Crippen molar-refractivity contribution in [3.05, 3.63) is 70.8 Å². The van der Waals surface area contributed by atoms with E-state index in [1.54, 1.807) is 12.1 Å². The van der Waals surface area contributed by atoms with Crippen LogP contribution in [0.15, 0.2) is 53.5 Å². The number of nitrogens with two attached hydrogens (primary N) is 1. The van der Waals surface area contributed by atoms with E-state index in [2.05, 4.69) is 48.3 Å². The predicted octanol–water partition coefficient (Wildman–Crippen LogP) is 2.95. The summed E-state index contributed by atoms with van der Waals surface area (Å²) in [6.45, 7) is 6.35. The van der Waals surface area contributed by atoms with E-state index in [4.69, 9.17) is 10.7 Å². The van der Waals surface area contributed by atoms with Crippen molar-refractivity contribution in [2.75, 3.05) is 13.6 Å². The zero-order valence-corrected chi connectivity index (χ0v) is 15.8. The fourth-order valence-electron chi connectivity index (χ4n) is 2.64. The van der Waals surface area contributed by atoms with Crippen LogP contribution in [0.25, 0.3) is 0 Å². The minimum atomic E-state index is -0.415. The number of hydrogen-bond donors (Lipinski definition) is 2. The van der Waals surface area contributed by atoms with Gasteiger partial charge in [0.2, 0.25) is 5.91 Å². The van der Waals surface area contributed by atoms with Gasteiger partial charge in [0.1, 0.15) is 0 Å². The van der Waals surface area contributed by atoms with Gasteiger partial charge in [0.05, 0.1) is 6.54 Å². The number of rotatable bonds is 7. The maximum absolute atomic E-state index is 11.1. The van der Waals surface area contributed by atoms with Gasteiger partial charge in [0, 0.05) is 25.7 Å². The van der Waals surface area contributed by atoms with Crippen molar-refractivity contribution >= 4 is 11.9 Å². The fourth-order valence-corrected chi connectivity index (χ4v) is 2.64. The Kier molecular flexibility index (Phi) is 7.21. The second kappa shape index (κ2) is 9.61. The summed E-state index contributed by atoms with van der Waals surface area (Å²) in [4.78, 5) is 18.0. The van der Waals surface area contributed by atoms with E-state index in [9.17, 15) is 4.79 Å². The molecule has 0 unspecified atom stereocenters. The SMILES string of the molecule is CCNC(=NCc1ccc(C(N)=O)cc1)N(C)Cc1ccc(CC)cc1. The summed E-state index contributed by atoms with van der Waals surface area (Å²) < 4.78 is 0. The average molecular weight is 352 g/mol. The molecule has 3 N–H and O–H groups in total. The Balaban J connectivity index is 2.05. The van der Waals surface area contributed by atoms with E-state index in [0.717, 1.165) is 31.0 Å². The van der Waals surface area contributed by atoms with Crippen LogP contribution >= 0.6 is 0 Å². The van der Waals surface area contributed by atoms with Gasteiger partial charge in [-0.2, -0.15) is 0 Å². The molecule has 0 spiro atoms. The van der Waals surface area contributed by atoms with Gasteiger partial charge >= 0.3 is 0 Å². The van der Waals surface area contributed by atoms with Crippen LogP contribution in [0, 0.1) is 0 Å². The first kappa shape index (κ1) is 19.5. The summed E-state index contributed by atoms with van der Waals surface area (Å²) >= 11 is 0. The van der Waals surface area contributed by atoms with Gasteiger partial charge in [0.15, 0.2) is 5.96 Å². The molecule has 138 valence electrons. The van der Waals surface area contributed by atoms with Crippen LogP contribution in [-0.2, 0) is 19.5 Å². The summed E-state index contributed by atoms with van der Waals surface area (Å²) in [5, 5.41) is 3.33. The number of primary amides is 1. The number of aliphatic imine (C=N–C) groups is 1. The van der Waals surface area contributed by atoms with Crippen LogP contribution in [-0.4, -0.2) is 30.4 Å². The molecule has 2 rings (SSSR count). The number of amides is 1. The van der Waals surface area contributed by atoms with Gasteiger partial charge in [-0.15, -0.1) is 0 Å². The minimum absolute atomic E-state index is 0.415. The van der Waals surface area contributed by atoms with Gasteiger partial charge in [-0.1, -0.05) is 43.3 Å². The number of benzene rings is 2. The first-order valence-electron chi connectivity index (χ1n) is 8.99. The van der Waals surface area contributed by atoms with Crippen molar-refractivity contribution in [1.29, 1.82) is 0 Å². The molecule has 26 heavy (non-hydrogen) atoms. The lowest BCUT2D eigenvalue weighted by molar-refractivity contribution is 0.100. The van der Waals surface area contributed by atoms with Crippen LogP contribution in [0.3, 0.4) is 0 Å². The van der Waals surface area contributed by atoms with Crippen LogP contribution in [0.2, 0.25) is 0 Å². The Labute approximate surface area is 155 Å². The highest BCUT2D eigenvalue weighted by Gasteiger charge is 2.07. The molecule has 5 heteroatoms. The second-order valence-corrected chi connectivity index (χ2v) is 6.26. The lowest BCUT2D eigenvalue weighted by Crippen LogP contribution is -2.38. The Morgan fingerprint density at radius 2 is 1.58 bits per heavy atom. The molecule has 0 aliphatic carbocycles. The van der Waals surface area contributed by atoms with Gasteiger partial charge in [-0.25, -0.2) is 4.99 Å². The molecule has 1 amide bonds. The third-order valence-electron chi connectivity index (χ3n) is 4.20. The van der Waals surface area contributed by atoms with E-state index >= 15 is 0 Å². The van der Waals surface area contributed by atoms with Gasteiger partial charge < -0.3 is 16.0 Å². The second-order valence-electron chi connectivity index (χ2n) is 6.26. The molecule has 0 atom stereocenters. The molecule has 2 aromatic carbocycles. The first-order valence-corrected chi connectivity index (χ1v) is 8.99. The zero-order chi connectivity index (χ0) is 18.9. The molecule has 0 aliphatic heterocycles. The lowest BCUT2D eigenvalue weighted by atomic mass is 10.1. The Bertz CT molecular complexity index is 736. The largest absolute Gasteiger partial charge is 0.366 e. The minimum Gasteiger partial charge on any atom is -0.366 e. The van der Waals surface area contributed by atoms with Crippen LogP contribution in [0.5, 0.6) is 0 Å². The maximum atomic E-state index is 11.1. The summed E-state index contributed by atoms with van der Waals surface area (Å²) in [5.41, 5.74) is 9.41. The van der Waals surface area contributed by atoms with E-state index in [0.29, 0.717) is 12.1 Å². The number of aryl methyl sites for hydroxylation is 1. The van der Waals surface area contributed by atoms with Crippen molar-refractivity contribution in [3.63, 3.8) is 0 Å². The monoisotopic (exact) mass is 352 g/mol. The average Bonchev–Trinajstić information content (AvgIpc) is 2.66. The standard InChI is InChI=1S/C21H28N4O/c1-4-16-6-8-18(9-7-16)15-25(3)21(23-5-2)24-14-17-10-12-19(13-11-17)20(22)26/h6-13H,4-5,14-15H2,1-3H3,(H2,22,26)(H,23,24). The molecule has 0 aromatic heterocycles. The number of carbonyl (C=O) groups excluding carboxylic acids is 1. The molecule has 0 radical (unpaired) electrons. The fraction of sp³-hybridized carbons (Fsp3) is 0.333. The van der Waals surface area contributed by atoms with Crippen LogP contribution < -0.4 is 11.1 Å². The van der Waals surface area contributed by atoms with Crippen molar-refractivity contribution in [3.8, 4) is 0 Å². The van der Waals surface area contributed by atoms with Gasteiger partial charge in [-0.3, -0.25) is 4.79 Å². The number of nitrogens with one attached hydrogen (secondary N) is 1. The number of carbonyl (C=O) groups is 1.